The molecule has 1 aromatic heterocycles. The molecule has 0 saturated heterocycles. The lowest BCUT2D eigenvalue weighted by atomic mass is 9.93. The first-order valence-corrected chi connectivity index (χ1v) is 9.96. The fourth-order valence-electron chi connectivity index (χ4n) is 4.07. The van der Waals surface area contributed by atoms with E-state index in [0.29, 0.717) is 44.8 Å². The molecule has 156 valence electrons. The van der Waals surface area contributed by atoms with Crippen LogP contribution in [-0.4, -0.2) is 22.0 Å². The highest BCUT2D eigenvalue weighted by Gasteiger charge is 2.29. The van der Waals surface area contributed by atoms with Crippen LogP contribution < -0.4 is 5.32 Å². The number of aromatic carboxylic acids is 1. The molecule has 3 aromatic carbocycles. The van der Waals surface area contributed by atoms with Gasteiger partial charge in [-0.25, -0.2) is 9.18 Å². The van der Waals surface area contributed by atoms with Crippen LogP contribution in [-0.2, 0) is 4.79 Å². The third kappa shape index (κ3) is 3.18. The molecule has 1 amide bonds. The van der Waals surface area contributed by atoms with E-state index >= 15 is 0 Å². The summed E-state index contributed by atoms with van der Waals surface area (Å²) < 4.78 is 14.6. The molecule has 0 saturated carbocycles. The van der Waals surface area contributed by atoms with E-state index in [9.17, 15) is 19.1 Å². The van der Waals surface area contributed by atoms with Gasteiger partial charge in [0.05, 0.1) is 11.1 Å². The monoisotopic (exact) mass is 424 g/mol. The zero-order chi connectivity index (χ0) is 22.2. The zero-order valence-corrected chi connectivity index (χ0v) is 16.7. The number of carboxylic acid groups (broad SMARTS) is 1. The average Bonchev–Trinajstić information content (AvgIpc) is 3.36. The molecular weight excluding hydrogens is 407 g/mol. The van der Waals surface area contributed by atoms with E-state index in [1.54, 1.807) is 42.5 Å². The van der Waals surface area contributed by atoms with Gasteiger partial charge in [0, 0.05) is 34.3 Å². The molecule has 3 N–H and O–H groups in total. The molecule has 32 heavy (non-hydrogen) atoms. The summed E-state index contributed by atoms with van der Waals surface area (Å²) in [4.78, 5) is 27.7. The highest BCUT2D eigenvalue weighted by Crippen LogP contribution is 2.42. The van der Waals surface area contributed by atoms with Crippen molar-refractivity contribution in [1.29, 1.82) is 0 Å². The molecule has 1 aliphatic rings. The van der Waals surface area contributed by atoms with Crippen molar-refractivity contribution in [3.8, 4) is 22.3 Å². The zero-order valence-electron chi connectivity index (χ0n) is 16.7. The quantitative estimate of drug-likeness (QED) is 0.369. The van der Waals surface area contributed by atoms with Crippen LogP contribution in [0.15, 0.2) is 79.0 Å². The SMILES string of the molecule is O=C1Nc2cccc(-c3ccccc3F)c2/C1=C/c1[nH]cc(C(=O)O)c1-c1ccccc1. The molecular formula is C26H17FN2O3. The largest absolute Gasteiger partial charge is 0.478 e. The Morgan fingerprint density at radius 3 is 2.34 bits per heavy atom. The Morgan fingerprint density at radius 2 is 1.59 bits per heavy atom. The molecule has 0 spiro atoms. The van der Waals surface area contributed by atoms with Gasteiger partial charge in [-0.05, 0) is 29.3 Å². The molecule has 0 bridgehead atoms. The predicted molar refractivity (Wildman–Crippen MR) is 122 cm³/mol. The van der Waals surface area contributed by atoms with Crippen LogP contribution in [0.25, 0.3) is 33.9 Å². The summed E-state index contributed by atoms with van der Waals surface area (Å²) in [6.07, 6.45) is 3.04. The summed E-state index contributed by atoms with van der Waals surface area (Å²) in [6.45, 7) is 0. The van der Waals surface area contributed by atoms with Gasteiger partial charge in [0.15, 0.2) is 0 Å². The van der Waals surface area contributed by atoms with E-state index in [0.717, 1.165) is 0 Å². The van der Waals surface area contributed by atoms with Gasteiger partial charge in [0.25, 0.3) is 5.91 Å². The van der Waals surface area contributed by atoms with Crippen molar-refractivity contribution in [1.82, 2.24) is 4.98 Å². The van der Waals surface area contributed by atoms with Crippen LogP contribution >= 0.6 is 0 Å². The van der Waals surface area contributed by atoms with Crippen LogP contribution in [0.2, 0.25) is 0 Å². The maximum absolute atomic E-state index is 14.6. The van der Waals surface area contributed by atoms with Gasteiger partial charge < -0.3 is 15.4 Å². The molecule has 6 heteroatoms. The number of anilines is 1. The lowest BCUT2D eigenvalue weighted by Crippen LogP contribution is -2.04. The maximum Gasteiger partial charge on any atom is 0.337 e. The number of carbonyl (C=O) groups excluding carboxylic acids is 1. The van der Waals surface area contributed by atoms with Crippen molar-refractivity contribution < 1.29 is 19.1 Å². The van der Waals surface area contributed by atoms with Crippen LogP contribution in [0.5, 0.6) is 0 Å². The van der Waals surface area contributed by atoms with Crippen LogP contribution in [0.4, 0.5) is 10.1 Å². The van der Waals surface area contributed by atoms with Gasteiger partial charge in [-0.2, -0.15) is 0 Å². The Balaban J connectivity index is 1.73. The number of rotatable bonds is 4. The number of benzene rings is 3. The third-order valence-corrected chi connectivity index (χ3v) is 5.48. The number of fused-ring (bicyclic) bond motifs is 1. The molecule has 2 heterocycles. The van der Waals surface area contributed by atoms with Crippen molar-refractivity contribution in [3.63, 3.8) is 0 Å². The highest BCUT2D eigenvalue weighted by molar-refractivity contribution is 6.36. The highest BCUT2D eigenvalue weighted by atomic mass is 19.1. The lowest BCUT2D eigenvalue weighted by molar-refractivity contribution is -0.110. The van der Waals surface area contributed by atoms with Crippen LogP contribution in [0, 0.1) is 5.82 Å². The summed E-state index contributed by atoms with van der Waals surface area (Å²) >= 11 is 0. The number of nitrogens with one attached hydrogen (secondary N) is 2. The maximum atomic E-state index is 14.6. The van der Waals surface area contributed by atoms with Crippen molar-refractivity contribution >= 4 is 29.2 Å². The van der Waals surface area contributed by atoms with Gasteiger partial charge in [0.1, 0.15) is 5.82 Å². The first-order valence-electron chi connectivity index (χ1n) is 9.96. The minimum atomic E-state index is -1.08. The summed E-state index contributed by atoms with van der Waals surface area (Å²) in [6, 6.07) is 20.8. The second-order valence-corrected chi connectivity index (χ2v) is 7.38. The summed E-state index contributed by atoms with van der Waals surface area (Å²) in [5.74, 6) is -1.81. The molecule has 1 aliphatic heterocycles. The van der Waals surface area contributed by atoms with Gasteiger partial charge in [-0.3, -0.25) is 4.79 Å². The van der Waals surface area contributed by atoms with Crippen molar-refractivity contribution in [2.45, 2.75) is 0 Å². The lowest BCUT2D eigenvalue weighted by Gasteiger charge is -2.10. The Bertz CT molecular complexity index is 1400. The number of aromatic nitrogens is 1. The standard InChI is InChI=1S/C26H17FN2O3/c27-20-11-5-4-9-16(20)17-10-6-12-21-24(17)18(25(30)29-21)13-22-23(15-7-2-1-3-8-15)19(14-28-22)26(31)32/h1-14,28H,(H,29,30)(H,31,32)/b18-13-. The van der Waals surface area contributed by atoms with E-state index in [-0.39, 0.29) is 11.5 Å². The Morgan fingerprint density at radius 1 is 0.875 bits per heavy atom. The van der Waals surface area contributed by atoms with E-state index in [1.807, 2.05) is 30.3 Å². The summed E-state index contributed by atoms with van der Waals surface area (Å²) in [5.41, 5.74) is 4.22. The Labute approximate surface area is 182 Å². The second-order valence-electron chi connectivity index (χ2n) is 7.38. The fraction of sp³-hybridized carbons (Fsp3) is 0. The summed E-state index contributed by atoms with van der Waals surface area (Å²) in [5, 5.41) is 12.5. The second kappa shape index (κ2) is 7.67. The minimum absolute atomic E-state index is 0.101. The van der Waals surface area contributed by atoms with E-state index < -0.39 is 11.8 Å². The summed E-state index contributed by atoms with van der Waals surface area (Å²) in [7, 11) is 0. The first-order chi connectivity index (χ1) is 15.5. The van der Waals surface area contributed by atoms with E-state index in [2.05, 4.69) is 10.3 Å². The number of carboxylic acids is 1. The van der Waals surface area contributed by atoms with Gasteiger partial charge >= 0.3 is 5.97 Å². The van der Waals surface area contributed by atoms with Crippen molar-refractivity contribution in [2.24, 2.45) is 0 Å². The Hall–Kier alpha value is -4.45. The third-order valence-electron chi connectivity index (χ3n) is 5.48. The molecule has 0 fully saturated rings. The number of H-pyrrole nitrogens is 1. The van der Waals surface area contributed by atoms with E-state index in [4.69, 9.17) is 0 Å². The molecule has 4 aromatic rings. The number of amides is 1. The van der Waals surface area contributed by atoms with Gasteiger partial charge in [0.2, 0.25) is 0 Å². The fourth-order valence-corrected chi connectivity index (χ4v) is 4.07. The molecule has 0 atom stereocenters. The molecule has 0 aliphatic carbocycles. The van der Waals surface area contributed by atoms with Gasteiger partial charge in [-0.1, -0.05) is 60.7 Å². The smallest absolute Gasteiger partial charge is 0.337 e. The minimum Gasteiger partial charge on any atom is -0.478 e. The molecule has 0 radical (unpaired) electrons. The Kier molecular flexibility index (Phi) is 4.67. The first kappa shape index (κ1) is 19.5. The number of hydrogen-bond acceptors (Lipinski definition) is 2. The van der Waals surface area contributed by atoms with Crippen LogP contribution in [0.3, 0.4) is 0 Å². The number of aromatic amines is 1. The normalized spacial score (nSPS) is 13.8. The van der Waals surface area contributed by atoms with Gasteiger partial charge in [-0.15, -0.1) is 0 Å². The molecule has 5 nitrogen and oxygen atoms in total. The van der Waals surface area contributed by atoms with Crippen LogP contribution in [0.1, 0.15) is 21.6 Å². The molecule has 5 rings (SSSR count). The van der Waals surface area contributed by atoms with Crippen molar-refractivity contribution in [3.05, 3.63) is 102 Å². The predicted octanol–water partition coefficient (Wildman–Crippen LogP) is 5.68. The van der Waals surface area contributed by atoms with E-state index in [1.165, 1.54) is 12.3 Å². The number of carbonyl (C=O) groups is 2. The number of hydrogen-bond donors (Lipinski definition) is 3. The van der Waals surface area contributed by atoms with Crippen molar-refractivity contribution in [2.75, 3.05) is 5.32 Å². The molecule has 0 unspecified atom stereocenters. The average molecular weight is 424 g/mol. The topological polar surface area (TPSA) is 82.2 Å². The number of halogens is 1.